The predicted octanol–water partition coefficient (Wildman–Crippen LogP) is 3.95. The fourth-order valence-electron chi connectivity index (χ4n) is 4.32. The van der Waals surface area contributed by atoms with Crippen LogP contribution in [0.25, 0.3) is 11.4 Å². The van der Waals surface area contributed by atoms with Crippen LogP contribution in [0.4, 0.5) is 11.4 Å². The van der Waals surface area contributed by atoms with E-state index in [1.807, 2.05) is 0 Å². The summed E-state index contributed by atoms with van der Waals surface area (Å²) in [5, 5.41) is 9.09. The van der Waals surface area contributed by atoms with Gasteiger partial charge in [-0.25, -0.2) is 18.4 Å². The van der Waals surface area contributed by atoms with Crippen molar-refractivity contribution in [3.63, 3.8) is 0 Å². The van der Waals surface area contributed by atoms with Crippen molar-refractivity contribution < 1.29 is 13.2 Å². The van der Waals surface area contributed by atoms with Gasteiger partial charge in [0, 0.05) is 48.2 Å². The molecule has 2 aromatic carbocycles. The van der Waals surface area contributed by atoms with E-state index in [0.717, 1.165) is 37.2 Å². The van der Waals surface area contributed by atoms with Crippen LogP contribution < -0.4 is 19.9 Å². The summed E-state index contributed by atoms with van der Waals surface area (Å²) in [7, 11) is -3.81. The van der Waals surface area contributed by atoms with E-state index in [0.29, 0.717) is 22.8 Å². The fourth-order valence-corrected chi connectivity index (χ4v) is 5.37. The largest absolute Gasteiger partial charge is 0.486 e. The van der Waals surface area contributed by atoms with Crippen molar-refractivity contribution in [1.82, 2.24) is 15.0 Å². The van der Waals surface area contributed by atoms with E-state index >= 15 is 0 Å². The number of rotatable bonds is 8. The van der Waals surface area contributed by atoms with Crippen molar-refractivity contribution in [1.29, 1.82) is 5.26 Å². The number of sulfonamides is 1. The smallest absolute Gasteiger partial charge is 0.261 e. The number of piperidine rings is 1. The molecule has 1 fully saturated rings. The summed E-state index contributed by atoms with van der Waals surface area (Å²) < 4.78 is 34.4. The molecule has 2 N–H and O–H groups in total. The lowest BCUT2D eigenvalue weighted by molar-refractivity contribution is 0.303. The van der Waals surface area contributed by atoms with Crippen LogP contribution >= 0.6 is 0 Å². The van der Waals surface area contributed by atoms with Crippen LogP contribution in [-0.2, 0) is 16.6 Å². The predicted molar refractivity (Wildman–Crippen MR) is 147 cm³/mol. The van der Waals surface area contributed by atoms with Crippen molar-refractivity contribution in [2.24, 2.45) is 5.92 Å². The number of nitriles is 1. The second kappa shape index (κ2) is 11.4. The highest BCUT2D eigenvalue weighted by Crippen LogP contribution is 2.26. The van der Waals surface area contributed by atoms with Gasteiger partial charge in [-0.2, -0.15) is 5.26 Å². The van der Waals surface area contributed by atoms with Gasteiger partial charge in [-0.3, -0.25) is 9.52 Å². The maximum absolute atomic E-state index is 13.0. The molecular formula is C28H26N6O4S. The Bertz CT molecular complexity index is 1640. The van der Waals surface area contributed by atoms with Gasteiger partial charge in [0.05, 0.1) is 23.4 Å². The molecule has 0 aliphatic carbocycles. The van der Waals surface area contributed by atoms with E-state index in [1.165, 1.54) is 18.5 Å². The molecule has 0 spiro atoms. The summed E-state index contributed by atoms with van der Waals surface area (Å²) in [4.78, 5) is 24.9. The molecule has 3 heterocycles. The highest BCUT2D eigenvalue weighted by molar-refractivity contribution is 7.92. The molecule has 11 heteroatoms. The molecule has 39 heavy (non-hydrogen) atoms. The molecule has 198 valence electrons. The van der Waals surface area contributed by atoms with E-state index in [9.17, 15) is 13.2 Å². The molecular weight excluding hydrogens is 516 g/mol. The normalized spacial score (nSPS) is 14.0. The number of hydrogen-bond acceptors (Lipinski definition) is 8. The molecule has 0 bridgehead atoms. The summed E-state index contributed by atoms with van der Waals surface area (Å²) in [5.41, 5.74) is 2.47. The fraction of sp³-hybridized carbons (Fsp3) is 0.214. The molecule has 1 saturated heterocycles. The highest BCUT2D eigenvalue weighted by atomic mass is 32.2. The first-order valence-corrected chi connectivity index (χ1v) is 13.9. The van der Waals surface area contributed by atoms with Gasteiger partial charge in [-0.1, -0.05) is 12.1 Å². The zero-order valence-corrected chi connectivity index (χ0v) is 21.8. The van der Waals surface area contributed by atoms with Gasteiger partial charge < -0.3 is 14.6 Å². The van der Waals surface area contributed by atoms with Crippen molar-refractivity contribution in [2.45, 2.75) is 24.3 Å². The number of benzene rings is 2. The van der Waals surface area contributed by atoms with E-state index in [4.69, 9.17) is 10.00 Å². The molecule has 1 aliphatic rings. The third-order valence-corrected chi connectivity index (χ3v) is 7.83. The van der Waals surface area contributed by atoms with Gasteiger partial charge >= 0.3 is 0 Å². The van der Waals surface area contributed by atoms with Gasteiger partial charge in [0.1, 0.15) is 6.61 Å². The van der Waals surface area contributed by atoms with Crippen LogP contribution in [0.3, 0.4) is 0 Å². The Hall–Kier alpha value is -4.69. The van der Waals surface area contributed by atoms with E-state index < -0.39 is 10.0 Å². The molecule has 0 radical (unpaired) electrons. The van der Waals surface area contributed by atoms with E-state index in [1.54, 1.807) is 60.8 Å². The Morgan fingerprint density at radius 2 is 1.79 bits per heavy atom. The van der Waals surface area contributed by atoms with Crippen LogP contribution in [-0.4, -0.2) is 36.5 Å². The molecule has 0 atom stereocenters. The quantitative estimate of drug-likeness (QED) is 0.341. The number of nitrogens with zero attached hydrogens (tertiary/aromatic N) is 4. The zero-order chi connectivity index (χ0) is 27.2. The number of H-pyrrole nitrogens is 1. The molecule has 0 unspecified atom stereocenters. The van der Waals surface area contributed by atoms with Crippen molar-refractivity contribution >= 4 is 21.4 Å². The lowest BCUT2D eigenvalue weighted by Crippen LogP contribution is -2.33. The first kappa shape index (κ1) is 25.9. The Morgan fingerprint density at radius 1 is 1.05 bits per heavy atom. The summed E-state index contributed by atoms with van der Waals surface area (Å²) in [6.45, 7) is 1.75. The van der Waals surface area contributed by atoms with Gasteiger partial charge in [-0.05, 0) is 60.9 Å². The maximum Gasteiger partial charge on any atom is 0.261 e. The third kappa shape index (κ3) is 6.42. The third-order valence-electron chi connectivity index (χ3n) is 6.44. The minimum absolute atomic E-state index is 0.0883. The molecule has 4 aromatic rings. The Balaban J connectivity index is 1.23. The number of aromatic amines is 1. The number of aromatic nitrogens is 3. The van der Waals surface area contributed by atoms with Crippen LogP contribution in [0.2, 0.25) is 0 Å². The first-order chi connectivity index (χ1) is 18.9. The molecule has 0 amide bonds. The average Bonchev–Trinajstić information content (AvgIpc) is 2.96. The summed E-state index contributed by atoms with van der Waals surface area (Å²) >= 11 is 0. The summed E-state index contributed by atoms with van der Waals surface area (Å²) in [5.74, 6) is 0.933. The Kier molecular flexibility index (Phi) is 7.56. The minimum atomic E-state index is -3.81. The van der Waals surface area contributed by atoms with Crippen LogP contribution in [0.15, 0.2) is 88.9 Å². The van der Waals surface area contributed by atoms with Crippen molar-refractivity contribution in [2.75, 3.05) is 22.7 Å². The molecule has 5 rings (SSSR count). The standard InChI is InChI=1S/C28H26N6O4S/c29-16-20-9-12-34(13-10-20)24-4-6-26(7-5-24)39(36,37)33-23-3-1-2-22(15-23)28-31-17-25(18-32-28)38-19-21-8-11-30-27(35)14-21/h1-8,11,14-15,17-18,20,33H,9-10,12-13,19H2,(H,30,35). The number of pyridine rings is 1. The number of ether oxygens (including phenoxy) is 1. The van der Waals surface area contributed by atoms with Gasteiger partial charge in [0.15, 0.2) is 11.6 Å². The number of hydrogen-bond donors (Lipinski definition) is 2. The molecule has 2 aromatic heterocycles. The SMILES string of the molecule is N#CC1CCN(c2ccc(S(=O)(=O)Nc3cccc(-c4ncc(OCc5cc[nH]c(=O)c5)cn4)c3)cc2)CC1. The monoisotopic (exact) mass is 542 g/mol. The highest BCUT2D eigenvalue weighted by Gasteiger charge is 2.20. The first-order valence-electron chi connectivity index (χ1n) is 12.4. The lowest BCUT2D eigenvalue weighted by Gasteiger charge is -2.31. The van der Waals surface area contributed by atoms with Gasteiger partial charge in [0.2, 0.25) is 5.56 Å². The average molecular weight is 543 g/mol. The number of nitrogens with one attached hydrogen (secondary N) is 2. The topological polar surface area (TPSA) is 141 Å². The summed E-state index contributed by atoms with van der Waals surface area (Å²) in [6, 6.07) is 19.1. The summed E-state index contributed by atoms with van der Waals surface area (Å²) in [6.07, 6.45) is 6.22. The van der Waals surface area contributed by atoms with Crippen LogP contribution in [0.1, 0.15) is 18.4 Å². The minimum Gasteiger partial charge on any atom is -0.486 e. The van der Waals surface area contributed by atoms with Gasteiger partial charge in [0.25, 0.3) is 10.0 Å². The Morgan fingerprint density at radius 3 is 2.49 bits per heavy atom. The van der Waals surface area contributed by atoms with E-state index in [-0.39, 0.29) is 23.0 Å². The molecule has 1 aliphatic heterocycles. The van der Waals surface area contributed by atoms with Crippen LogP contribution in [0.5, 0.6) is 5.75 Å². The molecule has 0 saturated carbocycles. The molecule has 10 nitrogen and oxygen atoms in total. The van der Waals surface area contributed by atoms with E-state index in [2.05, 4.69) is 30.6 Å². The number of anilines is 2. The second-order valence-corrected chi connectivity index (χ2v) is 10.8. The maximum atomic E-state index is 13.0. The van der Waals surface area contributed by atoms with Crippen LogP contribution in [0, 0.1) is 17.2 Å². The van der Waals surface area contributed by atoms with Crippen molar-refractivity contribution in [3.8, 4) is 23.2 Å². The zero-order valence-electron chi connectivity index (χ0n) is 20.9. The lowest BCUT2D eigenvalue weighted by atomic mass is 9.98. The van der Waals surface area contributed by atoms with Crippen molar-refractivity contribution in [3.05, 3.63) is 95.2 Å². The Labute approximate surface area is 226 Å². The second-order valence-electron chi connectivity index (χ2n) is 9.16. The van der Waals surface area contributed by atoms with Gasteiger partial charge in [-0.15, -0.1) is 0 Å².